The van der Waals surface area contributed by atoms with Crippen molar-refractivity contribution in [3.8, 4) is 11.4 Å². The normalized spacial score (nSPS) is 19.3. The standard InChI is InChI=1S/C29H29N5O/c35-29-27(16-19-6-2-1-3-7-19)34-26-13-11-22(33-14-4-5-15-33)18-25(26)31-28(34)23-17-21(30-20-8-9-20)10-12-24(23)32-29/h1-3,6-7,10-13,17-18,20,27,30H,4-5,8-9,14-16H2,(H,32,35). The van der Waals surface area contributed by atoms with Gasteiger partial charge in [-0.05, 0) is 67.6 Å². The van der Waals surface area contributed by atoms with Crippen molar-refractivity contribution >= 4 is 34.0 Å². The van der Waals surface area contributed by atoms with Crippen molar-refractivity contribution in [2.45, 2.75) is 44.2 Å². The maximum atomic E-state index is 13.7. The third kappa shape index (κ3) is 3.73. The minimum Gasteiger partial charge on any atom is -0.382 e. The molecule has 1 aliphatic carbocycles. The number of hydrogen-bond donors (Lipinski definition) is 2. The topological polar surface area (TPSA) is 62.2 Å². The minimum absolute atomic E-state index is 0.000301. The van der Waals surface area contributed by atoms with Gasteiger partial charge in [0.15, 0.2) is 0 Å². The zero-order valence-electron chi connectivity index (χ0n) is 19.7. The van der Waals surface area contributed by atoms with E-state index in [1.807, 2.05) is 24.3 Å². The smallest absolute Gasteiger partial charge is 0.247 e. The Bertz CT molecular complexity index is 1420. The van der Waals surface area contributed by atoms with Crippen LogP contribution in [0, 0.1) is 0 Å². The lowest BCUT2D eigenvalue weighted by molar-refractivity contribution is -0.119. The van der Waals surface area contributed by atoms with Gasteiger partial charge in [0.25, 0.3) is 0 Å². The highest BCUT2D eigenvalue weighted by atomic mass is 16.2. The van der Waals surface area contributed by atoms with E-state index >= 15 is 0 Å². The molecule has 7 rings (SSSR count). The van der Waals surface area contributed by atoms with Crippen LogP contribution in [0.1, 0.15) is 37.3 Å². The van der Waals surface area contributed by atoms with Gasteiger partial charge in [0.05, 0.1) is 16.7 Å². The van der Waals surface area contributed by atoms with Gasteiger partial charge in [0.1, 0.15) is 11.9 Å². The van der Waals surface area contributed by atoms with Crippen molar-refractivity contribution < 1.29 is 4.79 Å². The molecule has 6 nitrogen and oxygen atoms in total. The van der Waals surface area contributed by atoms with Gasteiger partial charge in [-0.1, -0.05) is 30.3 Å². The van der Waals surface area contributed by atoms with Crippen molar-refractivity contribution in [3.05, 3.63) is 72.3 Å². The van der Waals surface area contributed by atoms with Gasteiger partial charge in [0.2, 0.25) is 5.91 Å². The van der Waals surface area contributed by atoms with E-state index in [2.05, 4.69) is 62.6 Å². The number of amides is 1. The summed E-state index contributed by atoms with van der Waals surface area (Å²) in [5, 5.41) is 6.81. The number of carbonyl (C=O) groups is 1. The van der Waals surface area contributed by atoms with Crippen LogP contribution in [0.4, 0.5) is 17.1 Å². The van der Waals surface area contributed by atoms with E-state index < -0.39 is 0 Å². The molecule has 0 bridgehead atoms. The largest absolute Gasteiger partial charge is 0.382 e. The quantitative estimate of drug-likeness (QED) is 0.404. The van der Waals surface area contributed by atoms with Gasteiger partial charge in [-0.2, -0.15) is 0 Å². The summed E-state index contributed by atoms with van der Waals surface area (Å²) in [4.78, 5) is 21.3. The fourth-order valence-electron chi connectivity index (χ4n) is 5.51. The fraction of sp³-hybridized carbons (Fsp3) is 0.310. The molecular weight excluding hydrogens is 434 g/mol. The van der Waals surface area contributed by atoms with Crippen LogP contribution in [0.2, 0.25) is 0 Å². The first-order valence-corrected chi connectivity index (χ1v) is 12.8. The van der Waals surface area contributed by atoms with Crippen LogP contribution in [0.25, 0.3) is 22.4 Å². The summed E-state index contributed by atoms with van der Waals surface area (Å²) in [5.41, 5.74) is 7.18. The Hall–Kier alpha value is -3.80. The Balaban J connectivity index is 1.40. The van der Waals surface area contributed by atoms with Crippen LogP contribution in [-0.2, 0) is 11.2 Å². The molecule has 1 unspecified atom stereocenters. The van der Waals surface area contributed by atoms with Crippen LogP contribution < -0.4 is 15.5 Å². The third-order valence-corrected chi connectivity index (χ3v) is 7.50. The zero-order chi connectivity index (χ0) is 23.4. The first-order valence-electron chi connectivity index (χ1n) is 12.8. The van der Waals surface area contributed by atoms with Gasteiger partial charge in [0, 0.05) is 42.5 Å². The van der Waals surface area contributed by atoms with Crippen molar-refractivity contribution in [1.82, 2.24) is 9.55 Å². The number of nitrogens with zero attached hydrogens (tertiary/aromatic N) is 3. The number of anilines is 3. The molecule has 3 aliphatic rings. The maximum absolute atomic E-state index is 13.7. The summed E-state index contributed by atoms with van der Waals surface area (Å²) in [6, 6.07) is 23.2. The molecule has 1 saturated heterocycles. The van der Waals surface area contributed by atoms with Crippen molar-refractivity contribution in [2.75, 3.05) is 28.6 Å². The molecule has 35 heavy (non-hydrogen) atoms. The molecule has 0 radical (unpaired) electrons. The molecule has 2 aliphatic heterocycles. The van der Waals surface area contributed by atoms with Crippen molar-refractivity contribution in [3.63, 3.8) is 0 Å². The lowest BCUT2D eigenvalue weighted by Gasteiger charge is -2.20. The first kappa shape index (κ1) is 20.6. The van der Waals surface area contributed by atoms with Gasteiger partial charge < -0.3 is 20.1 Å². The van der Waals surface area contributed by atoms with Crippen LogP contribution in [0.3, 0.4) is 0 Å². The number of fused-ring (bicyclic) bond motifs is 5. The highest BCUT2D eigenvalue weighted by Crippen LogP contribution is 2.40. The zero-order valence-corrected chi connectivity index (χ0v) is 19.7. The number of imidazole rings is 1. The molecule has 2 fully saturated rings. The Morgan fingerprint density at radius 1 is 0.971 bits per heavy atom. The van der Waals surface area contributed by atoms with Crippen molar-refractivity contribution in [1.29, 1.82) is 0 Å². The molecule has 1 atom stereocenters. The number of carbonyl (C=O) groups excluding carboxylic acids is 1. The molecule has 176 valence electrons. The number of aromatic nitrogens is 2. The van der Waals surface area contributed by atoms with Crippen LogP contribution in [-0.4, -0.2) is 34.6 Å². The second-order valence-corrected chi connectivity index (χ2v) is 10.0. The lowest BCUT2D eigenvalue weighted by atomic mass is 10.0. The number of nitrogens with one attached hydrogen (secondary N) is 2. The molecular formula is C29H29N5O. The van der Waals surface area contributed by atoms with E-state index in [1.54, 1.807) is 0 Å². The lowest BCUT2D eigenvalue weighted by Crippen LogP contribution is -2.26. The van der Waals surface area contributed by atoms with Crippen molar-refractivity contribution in [2.24, 2.45) is 0 Å². The predicted octanol–water partition coefficient (Wildman–Crippen LogP) is 5.61. The van der Waals surface area contributed by atoms with E-state index in [-0.39, 0.29) is 11.9 Å². The highest BCUT2D eigenvalue weighted by Gasteiger charge is 2.32. The number of rotatable bonds is 5. The third-order valence-electron chi connectivity index (χ3n) is 7.50. The summed E-state index contributed by atoms with van der Waals surface area (Å²) in [5.74, 6) is 0.854. The Kier molecular flexibility index (Phi) is 4.79. The summed E-state index contributed by atoms with van der Waals surface area (Å²) >= 11 is 0. The van der Waals surface area contributed by atoms with Gasteiger partial charge in [-0.25, -0.2) is 4.98 Å². The molecule has 2 N–H and O–H groups in total. The Labute approximate surface area is 205 Å². The molecule has 1 saturated carbocycles. The Morgan fingerprint density at radius 2 is 1.80 bits per heavy atom. The molecule has 6 heteroatoms. The van der Waals surface area contributed by atoms with Gasteiger partial charge in [-0.15, -0.1) is 0 Å². The fourth-order valence-corrected chi connectivity index (χ4v) is 5.51. The van der Waals surface area contributed by atoms with Crippen LogP contribution in [0.5, 0.6) is 0 Å². The summed E-state index contributed by atoms with van der Waals surface area (Å²) in [6.07, 6.45) is 5.51. The van der Waals surface area contributed by atoms with E-state index in [4.69, 9.17) is 4.98 Å². The SMILES string of the molecule is O=C1Nc2ccc(NC3CC3)cc2-c2nc3cc(N4CCCC4)ccc3n2C1Cc1ccccc1. The number of benzene rings is 3. The average molecular weight is 464 g/mol. The van der Waals surface area contributed by atoms with E-state index in [0.717, 1.165) is 52.4 Å². The summed E-state index contributed by atoms with van der Waals surface area (Å²) in [6.45, 7) is 2.19. The molecule has 0 spiro atoms. The maximum Gasteiger partial charge on any atom is 0.247 e. The molecule has 1 aromatic heterocycles. The van der Waals surface area contributed by atoms with Crippen LogP contribution >= 0.6 is 0 Å². The Morgan fingerprint density at radius 3 is 2.60 bits per heavy atom. The van der Waals surface area contributed by atoms with Gasteiger partial charge >= 0.3 is 0 Å². The predicted molar refractivity (Wildman–Crippen MR) is 141 cm³/mol. The van der Waals surface area contributed by atoms with E-state index in [1.165, 1.54) is 31.4 Å². The number of hydrogen-bond acceptors (Lipinski definition) is 4. The molecule has 4 aromatic rings. The summed E-state index contributed by atoms with van der Waals surface area (Å²) < 4.78 is 2.16. The van der Waals surface area contributed by atoms with E-state index in [9.17, 15) is 4.79 Å². The first-order chi connectivity index (χ1) is 17.2. The second kappa shape index (κ2) is 8.15. The highest BCUT2D eigenvalue weighted by molar-refractivity contribution is 6.02. The summed E-state index contributed by atoms with van der Waals surface area (Å²) in [7, 11) is 0. The monoisotopic (exact) mass is 463 g/mol. The van der Waals surface area contributed by atoms with Crippen LogP contribution in [0.15, 0.2) is 66.7 Å². The molecule has 3 aromatic carbocycles. The minimum atomic E-state index is -0.387. The molecule has 3 heterocycles. The van der Waals surface area contributed by atoms with E-state index in [0.29, 0.717) is 12.5 Å². The van der Waals surface area contributed by atoms with Gasteiger partial charge in [-0.3, -0.25) is 4.79 Å². The molecule has 1 amide bonds. The second-order valence-electron chi connectivity index (χ2n) is 10.0. The average Bonchev–Trinajstić information content (AvgIpc) is 3.39.